The minimum Gasteiger partial charge on any atom is -0.455 e. The molecule has 0 fully saturated rings. The number of hydrogen-bond acceptors (Lipinski definition) is 4. The van der Waals surface area contributed by atoms with Crippen molar-refractivity contribution in [3.8, 4) is 11.3 Å². The number of carbonyl (C=O) groups excluding carboxylic acids is 3. The van der Waals surface area contributed by atoms with Crippen molar-refractivity contribution in [1.82, 2.24) is 16.0 Å². The van der Waals surface area contributed by atoms with E-state index in [4.69, 9.17) is 4.42 Å². The molecule has 9 heteroatoms. The van der Waals surface area contributed by atoms with Gasteiger partial charge in [-0.3, -0.25) is 9.59 Å². The first-order valence-electron chi connectivity index (χ1n) is 12.9. The molecule has 0 radical (unpaired) electrons. The van der Waals surface area contributed by atoms with Crippen LogP contribution >= 0.6 is 0 Å². The number of fused-ring (bicyclic) bond motifs is 1. The lowest BCUT2D eigenvalue weighted by atomic mass is 9.94. The average molecular weight is 541 g/mol. The molecular formula is C31H29FN4O4. The van der Waals surface area contributed by atoms with Crippen LogP contribution in [0.15, 0.2) is 77.3 Å². The van der Waals surface area contributed by atoms with E-state index >= 15 is 0 Å². The summed E-state index contributed by atoms with van der Waals surface area (Å²) in [5, 5.41) is 8.94. The minimum absolute atomic E-state index is 0.243. The second kappa shape index (κ2) is 11.1. The third-order valence-corrected chi connectivity index (χ3v) is 6.69. The van der Waals surface area contributed by atoms with Gasteiger partial charge in [0, 0.05) is 48.5 Å². The van der Waals surface area contributed by atoms with E-state index in [2.05, 4.69) is 16.0 Å². The van der Waals surface area contributed by atoms with Gasteiger partial charge < -0.3 is 25.3 Å². The van der Waals surface area contributed by atoms with Gasteiger partial charge in [0.2, 0.25) is 0 Å². The molecule has 40 heavy (non-hydrogen) atoms. The molecule has 0 unspecified atom stereocenters. The smallest absolute Gasteiger partial charge is 0.319 e. The Morgan fingerprint density at radius 2 is 1.82 bits per heavy atom. The Kier molecular flexibility index (Phi) is 7.37. The second-order valence-electron chi connectivity index (χ2n) is 10.0. The quantitative estimate of drug-likeness (QED) is 0.286. The maximum absolute atomic E-state index is 13.9. The normalized spacial score (nSPS) is 13.0. The molecule has 5 rings (SSSR count). The van der Waals surface area contributed by atoms with Crippen LogP contribution in [-0.4, -0.2) is 38.0 Å². The van der Waals surface area contributed by atoms with Crippen molar-refractivity contribution in [3.05, 3.63) is 95.4 Å². The number of amides is 4. The molecular weight excluding hydrogens is 511 g/mol. The molecule has 1 aliphatic heterocycles. The van der Waals surface area contributed by atoms with Crippen molar-refractivity contribution in [2.45, 2.75) is 13.8 Å². The molecule has 8 nitrogen and oxygen atoms in total. The Morgan fingerprint density at radius 1 is 1.07 bits per heavy atom. The van der Waals surface area contributed by atoms with E-state index in [1.807, 2.05) is 26.0 Å². The van der Waals surface area contributed by atoms with Crippen LogP contribution in [0.25, 0.3) is 27.9 Å². The molecule has 0 aliphatic carbocycles. The number of anilines is 1. The van der Waals surface area contributed by atoms with Gasteiger partial charge in [0.1, 0.15) is 17.2 Å². The SMILES string of the molecule is CC(C)CNC(=O)c1cc(-c2oc3ccccc3c2C(=O)N(C)c2ccc(F)cc2)ccc1C1=CNC(=O)NC1. The predicted molar refractivity (Wildman–Crippen MR) is 152 cm³/mol. The molecule has 204 valence electrons. The van der Waals surface area contributed by atoms with E-state index in [0.717, 1.165) is 5.57 Å². The van der Waals surface area contributed by atoms with Crippen molar-refractivity contribution < 1.29 is 23.2 Å². The number of urea groups is 1. The zero-order valence-corrected chi connectivity index (χ0v) is 22.4. The fraction of sp³-hybridized carbons (Fsp3) is 0.194. The lowest BCUT2D eigenvalue weighted by molar-refractivity contribution is 0.0947. The first kappa shape index (κ1) is 26.7. The fourth-order valence-electron chi connectivity index (χ4n) is 4.56. The molecule has 4 aromatic rings. The summed E-state index contributed by atoms with van der Waals surface area (Å²) in [4.78, 5) is 40.3. The highest BCUT2D eigenvalue weighted by molar-refractivity contribution is 6.17. The van der Waals surface area contributed by atoms with Crippen molar-refractivity contribution in [3.63, 3.8) is 0 Å². The molecule has 0 bridgehead atoms. The van der Waals surface area contributed by atoms with Gasteiger partial charge in [0.15, 0.2) is 0 Å². The molecule has 2 heterocycles. The number of furan rings is 1. The highest BCUT2D eigenvalue weighted by atomic mass is 19.1. The summed E-state index contributed by atoms with van der Waals surface area (Å²) in [6.07, 6.45) is 1.58. The molecule has 3 aromatic carbocycles. The standard InChI is InChI=1S/C31H29FN4O4/c1-18(2)15-33-29(37)25-14-19(8-13-23(25)20-16-34-31(39)35-17-20)28-27(24-6-4-5-7-26(24)40-28)30(38)36(3)22-11-9-21(32)10-12-22/h4-14,16,18H,15,17H2,1-3H3,(H,33,37)(H2,34,35,39). The van der Waals surface area contributed by atoms with E-state index < -0.39 is 5.82 Å². The Bertz CT molecular complexity index is 1640. The number of rotatable bonds is 7. The zero-order chi connectivity index (χ0) is 28.4. The van der Waals surface area contributed by atoms with Crippen LogP contribution in [0.4, 0.5) is 14.9 Å². The fourth-order valence-corrected chi connectivity index (χ4v) is 4.56. The van der Waals surface area contributed by atoms with Gasteiger partial charge in [-0.1, -0.05) is 44.2 Å². The van der Waals surface area contributed by atoms with Gasteiger partial charge in [-0.15, -0.1) is 0 Å². The highest BCUT2D eigenvalue weighted by Gasteiger charge is 2.27. The molecule has 3 N–H and O–H groups in total. The van der Waals surface area contributed by atoms with Gasteiger partial charge in [-0.25, -0.2) is 9.18 Å². The van der Waals surface area contributed by atoms with Crippen molar-refractivity contribution >= 4 is 40.1 Å². The van der Waals surface area contributed by atoms with E-state index in [1.165, 1.54) is 29.2 Å². The molecule has 0 atom stereocenters. The molecule has 1 aromatic heterocycles. The molecule has 0 saturated carbocycles. The lowest BCUT2D eigenvalue weighted by Crippen LogP contribution is -2.38. The minimum atomic E-state index is -0.398. The number of benzene rings is 3. The van der Waals surface area contributed by atoms with Crippen LogP contribution in [0.5, 0.6) is 0 Å². The lowest BCUT2D eigenvalue weighted by Gasteiger charge is -2.20. The molecule has 0 saturated heterocycles. The Morgan fingerprint density at radius 3 is 2.52 bits per heavy atom. The number of para-hydroxylation sites is 1. The topological polar surface area (TPSA) is 104 Å². The van der Waals surface area contributed by atoms with Crippen LogP contribution in [0, 0.1) is 11.7 Å². The zero-order valence-electron chi connectivity index (χ0n) is 22.4. The third kappa shape index (κ3) is 5.31. The monoisotopic (exact) mass is 540 g/mol. The summed E-state index contributed by atoms with van der Waals surface area (Å²) in [5.74, 6) is -0.468. The summed E-state index contributed by atoms with van der Waals surface area (Å²) < 4.78 is 19.7. The van der Waals surface area contributed by atoms with Gasteiger partial charge in [-0.2, -0.15) is 0 Å². The Hall–Kier alpha value is -4.92. The molecule has 4 amide bonds. The van der Waals surface area contributed by atoms with Crippen molar-refractivity contribution in [2.75, 3.05) is 25.0 Å². The van der Waals surface area contributed by atoms with Gasteiger partial charge in [-0.05, 0) is 53.5 Å². The van der Waals surface area contributed by atoms with E-state index in [1.54, 1.807) is 43.6 Å². The van der Waals surface area contributed by atoms with Crippen LogP contribution in [-0.2, 0) is 0 Å². The molecule has 1 aliphatic rings. The van der Waals surface area contributed by atoms with Crippen molar-refractivity contribution in [1.29, 1.82) is 0 Å². The largest absolute Gasteiger partial charge is 0.455 e. The first-order chi connectivity index (χ1) is 19.2. The first-order valence-corrected chi connectivity index (χ1v) is 12.9. The maximum Gasteiger partial charge on any atom is 0.319 e. The summed E-state index contributed by atoms with van der Waals surface area (Å²) in [6, 6.07) is 17.8. The summed E-state index contributed by atoms with van der Waals surface area (Å²) >= 11 is 0. The van der Waals surface area contributed by atoms with E-state index in [9.17, 15) is 18.8 Å². The number of nitrogens with zero attached hydrogens (tertiary/aromatic N) is 1. The summed E-state index contributed by atoms with van der Waals surface area (Å²) in [6.45, 7) is 4.75. The Labute approximate surface area is 230 Å². The highest BCUT2D eigenvalue weighted by Crippen LogP contribution is 2.37. The van der Waals surface area contributed by atoms with E-state index in [-0.39, 0.29) is 30.3 Å². The third-order valence-electron chi connectivity index (χ3n) is 6.69. The maximum atomic E-state index is 13.9. The number of halogens is 1. The van der Waals surface area contributed by atoms with E-state index in [0.29, 0.717) is 51.2 Å². The van der Waals surface area contributed by atoms with Crippen LogP contribution in [0.1, 0.15) is 40.1 Å². The number of carbonyl (C=O) groups is 3. The predicted octanol–water partition coefficient (Wildman–Crippen LogP) is 5.56. The van der Waals surface area contributed by atoms with Crippen LogP contribution < -0.4 is 20.9 Å². The average Bonchev–Trinajstić information content (AvgIpc) is 3.35. The van der Waals surface area contributed by atoms with Crippen LogP contribution in [0.2, 0.25) is 0 Å². The number of hydrogen-bond donors (Lipinski definition) is 3. The van der Waals surface area contributed by atoms with Gasteiger partial charge in [0.25, 0.3) is 11.8 Å². The number of nitrogens with one attached hydrogen (secondary N) is 3. The van der Waals surface area contributed by atoms with Crippen molar-refractivity contribution in [2.24, 2.45) is 5.92 Å². The van der Waals surface area contributed by atoms with Gasteiger partial charge >= 0.3 is 6.03 Å². The van der Waals surface area contributed by atoms with Gasteiger partial charge in [0.05, 0.1) is 5.56 Å². The Balaban J connectivity index is 1.63. The van der Waals surface area contributed by atoms with Crippen LogP contribution in [0.3, 0.4) is 0 Å². The summed E-state index contributed by atoms with van der Waals surface area (Å²) in [7, 11) is 1.62. The molecule has 0 spiro atoms. The second-order valence-corrected chi connectivity index (χ2v) is 10.0. The summed E-state index contributed by atoms with van der Waals surface area (Å²) in [5.41, 5.74) is 3.67.